The minimum Gasteiger partial charge on any atom is -0.497 e. The Morgan fingerprint density at radius 2 is 1.52 bits per heavy atom. The summed E-state index contributed by atoms with van der Waals surface area (Å²) in [5, 5.41) is 1.03. The third-order valence-corrected chi connectivity index (χ3v) is 4.01. The van der Waals surface area contributed by atoms with E-state index >= 15 is 0 Å². The highest BCUT2D eigenvalue weighted by Crippen LogP contribution is 2.31. The van der Waals surface area contributed by atoms with Crippen LogP contribution >= 0.6 is 15.9 Å². The van der Waals surface area contributed by atoms with E-state index < -0.39 is 0 Å². The van der Waals surface area contributed by atoms with Crippen molar-refractivity contribution in [2.45, 2.75) is 0 Å². The van der Waals surface area contributed by atoms with Gasteiger partial charge >= 0.3 is 0 Å². The first-order valence-corrected chi connectivity index (χ1v) is 7.29. The lowest BCUT2D eigenvalue weighted by Gasteiger charge is -2.08. The van der Waals surface area contributed by atoms with Crippen LogP contribution in [0.15, 0.2) is 53.0 Å². The Bertz CT molecular complexity index is 785. The minimum absolute atomic E-state index is 0.821. The summed E-state index contributed by atoms with van der Waals surface area (Å²) in [6.07, 6.45) is 0. The van der Waals surface area contributed by atoms with Gasteiger partial charge in [0.05, 0.1) is 25.4 Å². The third kappa shape index (κ3) is 2.72. The summed E-state index contributed by atoms with van der Waals surface area (Å²) in [6.45, 7) is 0. The second-order valence-corrected chi connectivity index (χ2v) is 5.46. The number of hydrogen-bond donors (Lipinski definition) is 0. The van der Waals surface area contributed by atoms with Crippen LogP contribution in [0, 0.1) is 0 Å². The first-order chi connectivity index (χ1) is 10.2. The summed E-state index contributed by atoms with van der Waals surface area (Å²) in [7, 11) is 3.32. The maximum atomic E-state index is 5.26. The van der Waals surface area contributed by atoms with E-state index in [4.69, 9.17) is 14.5 Å². The normalized spacial score (nSPS) is 10.6. The van der Waals surface area contributed by atoms with Crippen LogP contribution in [0.1, 0.15) is 0 Å². The van der Waals surface area contributed by atoms with E-state index in [1.165, 1.54) is 0 Å². The van der Waals surface area contributed by atoms with Crippen molar-refractivity contribution in [2.75, 3.05) is 14.2 Å². The standard InChI is InChI=1S/C17H14BrNO2/c1-20-12-5-3-11(4-6-12)17-10-15(18)14-9-13(21-2)7-8-16(14)19-17/h3-10H,1-2H3. The lowest BCUT2D eigenvalue weighted by atomic mass is 10.1. The highest BCUT2D eigenvalue weighted by Gasteiger charge is 2.07. The predicted octanol–water partition coefficient (Wildman–Crippen LogP) is 4.68. The smallest absolute Gasteiger partial charge is 0.119 e. The molecule has 0 N–H and O–H groups in total. The molecule has 0 unspecified atom stereocenters. The van der Waals surface area contributed by atoms with E-state index in [0.717, 1.165) is 38.1 Å². The van der Waals surface area contributed by atoms with Gasteiger partial charge in [0.25, 0.3) is 0 Å². The fraction of sp³-hybridized carbons (Fsp3) is 0.118. The topological polar surface area (TPSA) is 31.4 Å². The molecule has 0 saturated carbocycles. The van der Waals surface area contributed by atoms with E-state index in [1.54, 1.807) is 14.2 Å². The molecule has 0 saturated heterocycles. The highest BCUT2D eigenvalue weighted by molar-refractivity contribution is 9.10. The molecular weight excluding hydrogens is 330 g/mol. The molecule has 0 spiro atoms. The molecule has 3 aromatic rings. The molecular formula is C17H14BrNO2. The Kier molecular flexibility index (Phi) is 3.80. The zero-order valence-electron chi connectivity index (χ0n) is 11.8. The van der Waals surface area contributed by atoms with Crippen LogP contribution < -0.4 is 9.47 Å². The van der Waals surface area contributed by atoms with E-state index in [1.807, 2.05) is 48.5 Å². The molecule has 0 amide bonds. The number of rotatable bonds is 3. The van der Waals surface area contributed by atoms with Gasteiger partial charge in [-0.2, -0.15) is 0 Å². The number of ether oxygens (including phenoxy) is 2. The van der Waals surface area contributed by atoms with Crippen molar-refractivity contribution in [3.05, 3.63) is 53.0 Å². The zero-order chi connectivity index (χ0) is 14.8. The van der Waals surface area contributed by atoms with Crippen molar-refractivity contribution in [1.82, 2.24) is 4.98 Å². The van der Waals surface area contributed by atoms with Gasteiger partial charge in [0.15, 0.2) is 0 Å². The maximum absolute atomic E-state index is 5.26. The number of methoxy groups -OCH3 is 2. The van der Waals surface area contributed by atoms with Crippen molar-refractivity contribution in [3.8, 4) is 22.8 Å². The number of aromatic nitrogens is 1. The Labute approximate surface area is 131 Å². The van der Waals surface area contributed by atoms with Gasteiger partial charge < -0.3 is 9.47 Å². The zero-order valence-corrected chi connectivity index (χ0v) is 13.3. The van der Waals surface area contributed by atoms with Gasteiger partial charge in [-0.15, -0.1) is 0 Å². The molecule has 21 heavy (non-hydrogen) atoms. The maximum Gasteiger partial charge on any atom is 0.119 e. The Morgan fingerprint density at radius 1 is 0.857 bits per heavy atom. The molecule has 0 aliphatic carbocycles. The molecule has 0 radical (unpaired) electrons. The van der Waals surface area contributed by atoms with Crippen LogP contribution in [0.4, 0.5) is 0 Å². The first kappa shape index (κ1) is 13.9. The van der Waals surface area contributed by atoms with Crippen LogP contribution in [0.2, 0.25) is 0 Å². The summed E-state index contributed by atoms with van der Waals surface area (Å²) in [4.78, 5) is 4.71. The number of hydrogen-bond acceptors (Lipinski definition) is 3. The van der Waals surface area contributed by atoms with Crippen molar-refractivity contribution in [1.29, 1.82) is 0 Å². The van der Waals surface area contributed by atoms with Gasteiger partial charge in [0, 0.05) is 15.4 Å². The fourth-order valence-electron chi connectivity index (χ4n) is 2.20. The van der Waals surface area contributed by atoms with E-state index in [0.29, 0.717) is 0 Å². The minimum atomic E-state index is 0.821. The summed E-state index contributed by atoms with van der Waals surface area (Å²) in [6, 6.07) is 15.7. The molecule has 0 bridgehead atoms. The Hall–Kier alpha value is -2.07. The van der Waals surface area contributed by atoms with Crippen LogP contribution in [0.5, 0.6) is 11.5 Å². The van der Waals surface area contributed by atoms with Crippen LogP contribution in [0.25, 0.3) is 22.2 Å². The Morgan fingerprint density at radius 3 is 2.19 bits per heavy atom. The largest absolute Gasteiger partial charge is 0.497 e. The summed E-state index contributed by atoms with van der Waals surface area (Å²) in [5.41, 5.74) is 2.90. The van der Waals surface area contributed by atoms with Gasteiger partial charge in [-0.3, -0.25) is 0 Å². The van der Waals surface area contributed by atoms with Gasteiger partial charge in [0.2, 0.25) is 0 Å². The molecule has 106 valence electrons. The summed E-state index contributed by atoms with van der Waals surface area (Å²) < 4.78 is 11.4. The SMILES string of the molecule is COc1ccc(-c2cc(Br)c3cc(OC)ccc3n2)cc1. The van der Waals surface area contributed by atoms with Crippen molar-refractivity contribution in [3.63, 3.8) is 0 Å². The second kappa shape index (κ2) is 5.74. The van der Waals surface area contributed by atoms with E-state index in [2.05, 4.69) is 15.9 Å². The number of halogens is 1. The molecule has 3 nitrogen and oxygen atoms in total. The van der Waals surface area contributed by atoms with Crippen molar-refractivity contribution < 1.29 is 9.47 Å². The number of benzene rings is 2. The predicted molar refractivity (Wildman–Crippen MR) is 88.0 cm³/mol. The fourth-order valence-corrected chi connectivity index (χ4v) is 2.73. The summed E-state index contributed by atoms with van der Waals surface area (Å²) >= 11 is 3.62. The molecule has 1 heterocycles. The molecule has 1 aromatic heterocycles. The number of pyridine rings is 1. The quantitative estimate of drug-likeness (QED) is 0.691. The molecule has 0 atom stereocenters. The average molecular weight is 344 g/mol. The number of nitrogens with zero attached hydrogens (tertiary/aromatic N) is 1. The van der Waals surface area contributed by atoms with Gasteiger partial charge in [-0.25, -0.2) is 4.98 Å². The second-order valence-electron chi connectivity index (χ2n) is 4.60. The average Bonchev–Trinajstić information content (AvgIpc) is 2.54. The van der Waals surface area contributed by atoms with E-state index in [9.17, 15) is 0 Å². The molecule has 0 fully saturated rings. The van der Waals surface area contributed by atoms with Crippen molar-refractivity contribution >= 4 is 26.8 Å². The molecule has 2 aromatic carbocycles. The Balaban J connectivity index is 2.11. The molecule has 0 aliphatic rings. The lowest BCUT2D eigenvalue weighted by molar-refractivity contribution is 0.415. The lowest BCUT2D eigenvalue weighted by Crippen LogP contribution is -1.89. The molecule has 3 rings (SSSR count). The van der Waals surface area contributed by atoms with Gasteiger partial charge in [0.1, 0.15) is 11.5 Å². The highest BCUT2D eigenvalue weighted by atomic mass is 79.9. The number of fused-ring (bicyclic) bond motifs is 1. The van der Waals surface area contributed by atoms with E-state index in [-0.39, 0.29) is 0 Å². The molecule has 4 heteroatoms. The van der Waals surface area contributed by atoms with Crippen LogP contribution in [0.3, 0.4) is 0 Å². The monoisotopic (exact) mass is 343 g/mol. The van der Waals surface area contributed by atoms with Gasteiger partial charge in [-0.1, -0.05) is 15.9 Å². The first-order valence-electron chi connectivity index (χ1n) is 6.50. The van der Waals surface area contributed by atoms with Crippen LogP contribution in [-0.4, -0.2) is 19.2 Å². The molecule has 0 aliphatic heterocycles. The van der Waals surface area contributed by atoms with Crippen molar-refractivity contribution in [2.24, 2.45) is 0 Å². The third-order valence-electron chi connectivity index (χ3n) is 3.35. The summed E-state index contributed by atoms with van der Waals surface area (Å²) in [5.74, 6) is 1.66. The van der Waals surface area contributed by atoms with Gasteiger partial charge in [-0.05, 0) is 48.5 Å². The van der Waals surface area contributed by atoms with Crippen LogP contribution in [-0.2, 0) is 0 Å².